The molecule has 0 spiro atoms. The molecule has 1 saturated carbocycles. The largest absolute Gasteiger partial charge is 0.364 e. The second-order valence-corrected chi connectivity index (χ2v) is 7.96. The molecule has 1 saturated heterocycles. The molecule has 1 N–H and O–H groups in total. The molecule has 3 aromatic rings. The van der Waals surface area contributed by atoms with E-state index in [-0.39, 0.29) is 0 Å². The predicted molar refractivity (Wildman–Crippen MR) is 110 cm³/mol. The average molecular weight is 394 g/mol. The summed E-state index contributed by atoms with van der Waals surface area (Å²) in [5.74, 6) is 1.66. The third kappa shape index (κ3) is 3.87. The average Bonchev–Trinajstić information content (AvgIpc) is 3.41. The van der Waals surface area contributed by atoms with Crippen LogP contribution in [-0.2, 0) is 6.54 Å². The summed E-state index contributed by atoms with van der Waals surface area (Å²) in [6, 6.07) is 4.56. The summed E-state index contributed by atoms with van der Waals surface area (Å²) in [5, 5.41) is 11.4. The van der Waals surface area contributed by atoms with Crippen LogP contribution in [-0.4, -0.2) is 62.4 Å². The van der Waals surface area contributed by atoms with Crippen LogP contribution in [0.15, 0.2) is 23.0 Å². The second kappa shape index (κ2) is 7.90. The lowest BCUT2D eigenvalue weighted by atomic mass is 10.2. The molecule has 4 heterocycles. The number of piperazine rings is 1. The van der Waals surface area contributed by atoms with Crippen LogP contribution in [0.1, 0.15) is 36.9 Å². The van der Waals surface area contributed by atoms with Gasteiger partial charge in [-0.25, -0.2) is 14.6 Å². The van der Waals surface area contributed by atoms with Crippen LogP contribution < -0.4 is 10.2 Å². The van der Waals surface area contributed by atoms with E-state index in [4.69, 9.17) is 9.61 Å². The van der Waals surface area contributed by atoms with Crippen LogP contribution in [0.4, 0.5) is 11.6 Å². The molecule has 0 atom stereocenters. The van der Waals surface area contributed by atoms with Crippen molar-refractivity contribution >= 4 is 22.9 Å². The van der Waals surface area contributed by atoms with Gasteiger partial charge in [0.05, 0.1) is 5.69 Å². The molecule has 2 fully saturated rings. The molecule has 9 nitrogen and oxygen atoms in total. The van der Waals surface area contributed by atoms with Gasteiger partial charge in [-0.3, -0.25) is 9.88 Å². The molecule has 0 amide bonds. The summed E-state index contributed by atoms with van der Waals surface area (Å²) in [5.41, 5.74) is 3.31. The zero-order valence-corrected chi connectivity index (χ0v) is 16.7. The van der Waals surface area contributed by atoms with E-state index in [2.05, 4.69) is 48.4 Å². The van der Waals surface area contributed by atoms with Gasteiger partial charge in [-0.15, -0.1) is 0 Å². The van der Waals surface area contributed by atoms with E-state index in [1.54, 1.807) is 0 Å². The van der Waals surface area contributed by atoms with Gasteiger partial charge in [-0.05, 0) is 41.7 Å². The van der Waals surface area contributed by atoms with E-state index in [1.807, 2.05) is 12.3 Å². The molecular formula is C20H26N8O. The van der Waals surface area contributed by atoms with Gasteiger partial charge in [0.25, 0.3) is 0 Å². The van der Waals surface area contributed by atoms with Crippen LogP contribution in [0.25, 0.3) is 11.3 Å². The number of nitrogens with zero attached hydrogens (tertiary/aromatic N) is 7. The highest BCUT2D eigenvalue weighted by Crippen LogP contribution is 2.29. The van der Waals surface area contributed by atoms with Crippen LogP contribution in [0, 0.1) is 6.92 Å². The number of fused-ring (bicyclic) bond motifs is 1. The highest BCUT2D eigenvalue weighted by atomic mass is 16.6. The fourth-order valence-corrected chi connectivity index (χ4v) is 4.22. The molecule has 152 valence electrons. The SMILES string of the molecule is Cc1cccnc1CN1CCN(c2nc3nonc3nc2NC2CCCC2)CC1. The molecule has 1 aliphatic carbocycles. The van der Waals surface area contributed by atoms with Crippen molar-refractivity contribution in [3.05, 3.63) is 29.6 Å². The Hall–Kier alpha value is -2.81. The number of hydrogen-bond donors (Lipinski definition) is 1. The molecule has 0 aromatic carbocycles. The lowest BCUT2D eigenvalue weighted by Crippen LogP contribution is -2.46. The zero-order chi connectivity index (χ0) is 19.6. The van der Waals surface area contributed by atoms with Crippen LogP contribution in [0.2, 0.25) is 0 Å². The summed E-state index contributed by atoms with van der Waals surface area (Å²) in [6.07, 6.45) is 6.75. The quantitative estimate of drug-likeness (QED) is 0.699. The van der Waals surface area contributed by atoms with Crippen molar-refractivity contribution < 1.29 is 4.63 Å². The molecule has 3 aromatic heterocycles. The second-order valence-electron chi connectivity index (χ2n) is 7.96. The molecule has 2 aliphatic rings. The minimum Gasteiger partial charge on any atom is -0.364 e. The number of aryl methyl sites for hydroxylation is 1. The van der Waals surface area contributed by atoms with Gasteiger partial charge in [0.15, 0.2) is 11.6 Å². The first-order chi connectivity index (χ1) is 14.3. The monoisotopic (exact) mass is 394 g/mol. The molecule has 1 aliphatic heterocycles. The van der Waals surface area contributed by atoms with Gasteiger partial charge in [0, 0.05) is 45.0 Å². The molecule has 0 radical (unpaired) electrons. The van der Waals surface area contributed by atoms with Gasteiger partial charge in [0.2, 0.25) is 11.3 Å². The maximum atomic E-state index is 4.84. The van der Waals surface area contributed by atoms with Crippen molar-refractivity contribution in [1.82, 2.24) is 30.2 Å². The van der Waals surface area contributed by atoms with Crippen molar-refractivity contribution in [1.29, 1.82) is 0 Å². The van der Waals surface area contributed by atoms with Gasteiger partial charge < -0.3 is 10.2 Å². The summed E-state index contributed by atoms with van der Waals surface area (Å²) in [7, 11) is 0. The van der Waals surface area contributed by atoms with Crippen molar-refractivity contribution in [3.63, 3.8) is 0 Å². The summed E-state index contributed by atoms with van der Waals surface area (Å²) < 4.78 is 4.84. The van der Waals surface area contributed by atoms with E-state index in [1.165, 1.54) is 31.2 Å². The van der Waals surface area contributed by atoms with Crippen LogP contribution in [0.5, 0.6) is 0 Å². The highest BCUT2D eigenvalue weighted by molar-refractivity contribution is 5.74. The number of nitrogens with one attached hydrogen (secondary N) is 1. The molecule has 0 unspecified atom stereocenters. The van der Waals surface area contributed by atoms with E-state index in [0.29, 0.717) is 17.3 Å². The maximum Gasteiger partial charge on any atom is 0.245 e. The van der Waals surface area contributed by atoms with E-state index >= 15 is 0 Å². The normalized spacial score (nSPS) is 18.6. The molecule has 29 heavy (non-hydrogen) atoms. The molecular weight excluding hydrogens is 368 g/mol. The van der Waals surface area contributed by atoms with Gasteiger partial charge in [-0.1, -0.05) is 18.9 Å². The van der Waals surface area contributed by atoms with Crippen LogP contribution in [0.3, 0.4) is 0 Å². The summed E-state index contributed by atoms with van der Waals surface area (Å²) in [4.78, 5) is 18.7. The van der Waals surface area contributed by atoms with Crippen molar-refractivity contribution in [2.24, 2.45) is 0 Å². The summed E-state index contributed by atoms with van der Waals surface area (Å²) >= 11 is 0. The molecule has 5 rings (SSSR count). The molecule has 9 heteroatoms. The zero-order valence-electron chi connectivity index (χ0n) is 16.7. The van der Waals surface area contributed by atoms with Gasteiger partial charge in [0.1, 0.15) is 0 Å². The number of rotatable bonds is 5. The Morgan fingerprint density at radius 3 is 2.59 bits per heavy atom. The van der Waals surface area contributed by atoms with Crippen LogP contribution >= 0.6 is 0 Å². The first kappa shape index (κ1) is 18.2. The minimum atomic E-state index is 0.453. The van der Waals surface area contributed by atoms with E-state index in [9.17, 15) is 0 Å². The van der Waals surface area contributed by atoms with Gasteiger partial charge in [-0.2, -0.15) is 0 Å². The lowest BCUT2D eigenvalue weighted by molar-refractivity contribution is 0.246. The smallest absolute Gasteiger partial charge is 0.245 e. The van der Waals surface area contributed by atoms with E-state index < -0.39 is 0 Å². The first-order valence-electron chi connectivity index (χ1n) is 10.4. The Bertz CT molecular complexity index is 976. The minimum absolute atomic E-state index is 0.453. The predicted octanol–water partition coefficient (Wildman–Crippen LogP) is 2.39. The van der Waals surface area contributed by atoms with Crippen molar-refractivity contribution in [2.45, 2.75) is 45.2 Å². The summed E-state index contributed by atoms with van der Waals surface area (Å²) in [6.45, 7) is 6.68. The fourth-order valence-electron chi connectivity index (χ4n) is 4.22. The number of pyridine rings is 1. The van der Waals surface area contributed by atoms with Crippen molar-refractivity contribution in [2.75, 3.05) is 36.4 Å². The van der Waals surface area contributed by atoms with E-state index in [0.717, 1.165) is 50.1 Å². The van der Waals surface area contributed by atoms with Gasteiger partial charge >= 0.3 is 0 Å². The Balaban J connectivity index is 1.32. The first-order valence-corrected chi connectivity index (χ1v) is 10.4. The maximum absolute atomic E-state index is 4.84. The number of hydrogen-bond acceptors (Lipinski definition) is 9. The fraction of sp³-hybridized carbons (Fsp3) is 0.550. The Kier molecular flexibility index (Phi) is 4.97. The Morgan fingerprint density at radius 2 is 1.83 bits per heavy atom. The Morgan fingerprint density at radius 1 is 1.07 bits per heavy atom. The third-order valence-electron chi connectivity index (χ3n) is 5.95. The number of aromatic nitrogens is 5. The Labute approximate surface area is 169 Å². The topological polar surface area (TPSA) is 96.1 Å². The third-order valence-corrected chi connectivity index (χ3v) is 5.95. The number of anilines is 2. The standard InChI is InChI=1S/C20H26N8O/c1-14-5-4-8-21-16(14)13-27-9-11-28(12-10-27)20-19(22-15-6-2-3-7-15)23-17-18(24-20)26-29-25-17/h4-5,8,15H,2-3,6-7,9-13H2,1H3,(H,22,23,25). The highest BCUT2D eigenvalue weighted by Gasteiger charge is 2.25. The van der Waals surface area contributed by atoms with Crippen molar-refractivity contribution in [3.8, 4) is 0 Å². The lowest BCUT2D eigenvalue weighted by Gasteiger charge is -2.36. The molecule has 0 bridgehead atoms.